The van der Waals surface area contributed by atoms with Crippen LogP contribution in [-0.2, 0) is 9.59 Å². The van der Waals surface area contributed by atoms with Gasteiger partial charge in [-0.05, 0) is 12.8 Å². The number of amides is 2. The molecule has 2 N–H and O–H groups in total. The molecule has 0 fully saturated rings. The van der Waals surface area contributed by atoms with Crippen LogP contribution in [0.2, 0.25) is 0 Å². The van der Waals surface area contributed by atoms with Crippen LogP contribution in [0.5, 0.6) is 0 Å². The van der Waals surface area contributed by atoms with Gasteiger partial charge >= 0.3 is 0 Å². The van der Waals surface area contributed by atoms with Gasteiger partial charge in [-0.15, -0.1) is 0 Å². The molecule has 2 atom stereocenters. The summed E-state index contributed by atoms with van der Waals surface area (Å²) in [6.45, 7) is 7.79. The normalized spacial score (nSPS) is 14.0. The van der Waals surface area contributed by atoms with Crippen molar-refractivity contribution in [2.24, 2.45) is 11.8 Å². The lowest BCUT2D eigenvalue weighted by atomic mass is 10.1. The molecule has 0 aliphatic rings. The zero-order valence-electron chi connectivity index (χ0n) is 10.8. The van der Waals surface area contributed by atoms with Crippen molar-refractivity contribution in [1.82, 2.24) is 10.9 Å². The molecular weight excluding hydrogens is 204 g/mol. The first-order valence-electron chi connectivity index (χ1n) is 6.12. The van der Waals surface area contributed by atoms with Crippen molar-refractivity contribution in [2.45, 2.75) is 53.4 Å². The molecule has 0 heterocycles. The van der Waals surface area contributed by atoms with Crippen LogP contribution < -0.4 is 10.9 Å². The topological polar surface area (TPSA) is 58.2 Å². The van der Waals surface area contributed by atoms with Crippen LogP contribution in [0.25, 0.3) is 0 Å². The monoisotopic (exact) mass is 228 g/mol. The van der Waals surface area contributed by atoms with Gasteiger partial charge in [-0.2, -0.15) is 0 Å². The molecule has 0 aromatic heterocycles. The predicted molar refractivity (Wildman–Crippen MR) is 64.4 cm³/mol. The Balaban J connectivity index is 3.87. The van der Waals surface area contributed by atoms with Gasteiger partial charge in [-0.25, -0.2) is 0 Å². The number of nitrogens with one attached hydrogen (secondary N) is 2. The first-order valence-corrected chi connectivity index (χ1v) is 6.12. The van der Waals surface area contributed by atoms with Crippen LogP contribution in [0, 0.1) is 11.8 Å². The van der Waals surface area contributed by atoms with E-state index in [9.17, 15) is 9.59 Å². The third-order valence-electron chi connectivity index (χ3n) is 2.65. The number of hydrogen-bond acceptors (Lipinski definition) is 2. The van der Waals surface area contributed by atoms with Gasteiger partial charge in [-0.3, -0.25) is 20.4 Å². The molecule has 16 heavy (non-hydrogen) atoms. The van der Waals surface area contributed by atoms with Gasteiger partial charge in [0.2, 0.25) is 11.8 Å². The van der Waals surface area contributed by atoms with Gasteiger partial charge in [0.15, 0.2) is 0 Å². The van der Waals surface area contributed by atoms with Crippen LogP contribution >= 0.6 is 0 Å². The van der Waals surface area contributed by atoms with Crippen LogP contribution in [-0.4, -0.2) is 11.8 Å². The van der Waals surface area contributed by atoms with Crippen LogP contribution in [0.4, 0.5) is 0 Å². The van der Waals surface area contributed by atoms with E-state index in [1.807, 2.05) is 27.7 Å². The Bertz CT molecular complexity index is 205. The Morgan fingerprint density at radius 3 is 1.44 bits per heavy atom. The number of hydrogen-bond donors (Lipinski definition) is 2. The van der Waals surface area contributed by atoms with Crippen molar-refractivity contribution < 1.29 is 9.59 Å². The summed E-state index contributed by atoms with van der Waals surface area (Å²) in [5.74, 6) is -0.323. The van der Waals surface area contributed by atoms with Gasteiger partial charge < -0.3 is 0 Å². The average molecular weight is 228 g/mol. The molecule has 94 valence electrons. The molecule has 0 rings (SSSR count). The fraction of sp³-hybridized carbons (Fsp3) is 0.833. The maximum absolute atomic E-state index is 11.5. The quantitative estimate of drug-likeness (QED) is 0.683. The lowest BCUT2D eigenvalue weighted by Crippen LogP contribution is -2.46. The Hall–Kier alpha value is -1.06. The molecule has 4 heteroatoms. The molecular formula is C12H24N2O2. The molecule has 0 spiro atoms. The second kappa shape index (κ2) is 8.13. The largest absolute Gasteiger partial charge is 0.273 e. The molecule has 0 aliphatic carbocycles. The molecule has 0 aromatic carbocycles. The summed E-state index contributed by atoms with van der Waals surface area (Å²) >= 11 is 0. The minimum atomic E-state index is -0.112. The van der Waals surface area contributed by atoms with E-state index in [1.54, 1.807) is 0 Å². The highest BCUT2D eigenvalue weighted by molar-refractivity contribution is 5.84. The smallest absolute Gasteiger partial charge is 0.241 e. The average Bonchev–Trinajstić information content (AvgIpc) is 2.25. The van der Waals surface area contributed by atoms with E-state index in [0.717, 1.165) is 25.7 Å². The third-order valence-corrected chi connectivity index (χ3v) is 2.65. The summed E-state index contributed by atoms with van der Waals surface area (Å²) in [7, 11) is 0. The molecule has 2 amide bonds. The van der Waals surface area contributed by atoms with Crippen molar-refractivity contribution in [1.29, 1.82) is 0 Å². The zero-order chi connectivity index (χ0) is 12.6. The van der Waals surface area contributed by atoms with Crippen molar-refractivity contribution in [3.8, 4) is 0 Å². The summed E-state index contributed by atoms with van der Waals surface area (Å²) in [5.41, 5.74) is 4.94. The minimum Gasteiger partial charge on any atom is -0.273 e. The van der Waals surface area contributed by atoms with Crippen molar-refractivity contribution in [3.63, 3.8) is 0 Å². The van der Waals surface area contributed by atoms with E-state index in [4.69, 9.17) is 0 Å². The number of carbonyl (C=O) groups excluding carboxylic acids is 2. The molecule has 0 saturated carbocycles. The Kier molecular flexibility index (Phi) is 7.60. The summed E-state index contributed by atoms with van der Waals surface area (Å²) in [5, 5.41) is 0. The number of carbonyl (C=O) groups is 2. The van der Waals surface area contributed by atoms with Crippen LogP contribution in [0.1, 0.15) is 53.4 Å². The summed E-state index contributed by atoms with van der Waals surface area (Å²) in [4.78, 5) is 23.0. The fourth-order valence-electron chi connectivity index (χ4n) is 1.50. The Labute approximate surface area is 98.1 Å². The SMILES string of the molecule is CCC[C@@H](C)C(=O)NNC(=O)[C@@H](C)CCC. The minimum absolute atomic E-state index is 0.0493. The maximum atomic E-state index is 11.5. The molecule has 0 unspecified atom stereocenters. The second-order valence-electron chi connectivity index (χ2n) is 4.36. The maximum Gasteiger partial charge on any atom is 0.241 e. The lowest BCUT2D eigenvalue weighted by molar-refractivity contribution is -0.132. The number of hydrazine groups is 1. The molecule has 0 radical (unpaired) electrons. The van der Waals surface area contributed by atoms with Crippen molar-refractivity contribution in [2.75, 3.05) is 0 Å². The third kappa shape index (κ3) is 5.73. The first-order chi connectivity index (χ1) is 7.52. The first kappa shape index (κ1) is 14.9. The van der Waals surface area contributed by atoms with Crippen LogP contribution in [0.3, 0.4) is 0 Å². The molecule has 0 saturated heterocycles. The van der Waals surface area contributed by atoms with E-state index in [-0.39, 0.29) is 23.7 Å². The molecule has 0 aromatic rings. The van der Waals surface area contributed by atoms with Crippen molar-refractivity contribution >= 4 is 11.8 Å². The second-order valence-corrected chi connectivity index (χ2v) is 4.36. The molecule has 0 aliphatic heterocycles. The van der Waals surface area contributed by atoms with Crippen molar-refractivity contribution in [3.05, 3.63) is 0 Å². The van der Waals surface area contributed by atoms with E-state index in [0.29, 0.717) is 0 Å². The summed E-state index contributed by atoms with van der Waals surface area (Å²) in [6, 6.07) is 0. The standard InChI is InChI=1S/C12H24N2O2/c1-5-7-9(3)11(15)13-14-12(16)10(4)8-6-2/h9-10H,5-8H2,1-4H3,(H,13,15)(H,14,16)/t9-,10+. The van der Waals surface area contributed by atoms with E-state index in [2.05, 4.69) is 10.9 Å². The molecule has 4 nitrogen and oxygen atoms in total. The highest BCUT2D eigenvalue weighted by atomic mass is 16.2. The highest BCUT2D eigenvalue weighted by Crippen LogP contribution is 2.05. The van der Waals surface area contributed by atoms with Gasteiger partial charge in [-0.1, -0.05) is 40.5 Å². The Morgan fingerprint density at radius 1 is 0.875 bits per heavy atom. The van der Waals surface area contributed by atoms with Gasteiger partial charge in [0.1, 0.15) is 0 Å². The van der Waals surface area contributed by atoms with E-state index >= 15 is 0 Å². The zero-order valence-corrected chi connectivity index (χ0v) is 10.8. The summed E-state index contributed by atoms with van der Waals surface area (Å²) < 4.78 is 0. The van der Waals surface area contributed by atoms with Gasteiger partial charge in [0.05, 0.1) is 0 Å². The lowest BCUT2D eigenvalue weighted by Gasteiger charge is -2.14. The van der Waals surface area contributed by atoms with Gasteiger partial charge in [0, 0.05) is 11.8 Å². The fourth-order valence-corrected chi connectivity index (χ4v) is 1.50. The van der Waals surface area contributed by atoms with Gasteiger partial charge in [0.25, 0.3) is 0 Å². The summed E-state index contributed by atoms with van der Waals surface area (Å²) in [6.07, 6.45) is 3.61. The Morgan fingerprint density at radius 2 is 1.19 bits per heavy atom. The number of rotatable bonds is 6. The highest BCUT2D eigenvalue weighted by Gasteiger charge is 2.15. The predicted octanol–water partition coefficient (Wildman–Crippen LogP) is 2.01. The van der Waals surface area contributed by atoms with E-state index in [1.165, 1.54) is 0 Å². The molecule has 0 bridgehead atoms. The van der Waals surface area contributed by atoms with Crippen LogP contribution in [0.15, 0.2) is 0 Å². The van der Waals surface area contributed by atoms with E-state index < -0.39 is 0 Å².